The largest absolute Gasteiger partial charge is 0.476 e. The molecule has 1 N–H and O–H groups in total. The molecule has 0 spiro atoms. The Morgan fingerprint density at radius 3 is 2.61 bits per heavy atom. The van der Waals surface area contributed by atoms with E-state index in [4.69, 9.17) is 28.3 Å². The van der Waals surface area contributed by atoms with E-state index in [1.165, 1.54) is 4.52 Å². The van der Waals surface area contributed by atoms with E-state index < -0.39 is 5.97 Å². The standard InChI is InChI=1S/C15H12Cl2N4O2/c1-7-10(5-9-3-4-11(16)12(17)6-9)14-19-18-13(15(22)23)8(2)21(14)20-7/h3-4,6H,5H2,1-2H3,(H,22,23). The summed E-state index contributed by atoms with van der Waals surface area (Å²) in [6, 6.07) is 5.40. The van der Waals surface area contributed by atoms with Crippen LogP contribution in [0.15, 0.2) is 18.2 Å². The van der Waals surface area contributed by atoms with E-state index >= 15 is 0 Å². The molecule has 0 aliphatic rings. The van der Waals surface area contributed by atoms with Gasteiger partial charge in [0.1, 0.15) is 0 Å². The van der Waals surface area contributed by atoms with Crippen LogP contribution < -0.4 is 0 Å². The fraction of sp³-hybridized carbons (Fsp3) is 0.200. The first-order valence-corrected chi connectivity index (χ1v) is 7.52. The number of nitrogens with zero attached hydrogens (tertiary/aromatic N) is 4. The number of hydrogen-bond acceptors (Lipinski definition) is 4. The molecular formula is C15H12Cl2N4O2. The van der Waals surface area contributed by atoms with Crippen molar-refractivity contribution in [2.45, 2.75) is 20.3 Å². The van der Waals surface area contributed by atoms with Crippen molar-refractivity contribution in [2.75, 3.05) is 0 Å². The van der Waals surface area contributed by atoms with E-state index in [-0.39, 0.29) is 5.69 Å². The van der Waals surface area contributed by atoms with Gasteiger partial charge in [0.25, 0.3) is 0 Å². The molecule has 3 aromatic rings. The summed E-state index contributed by atoms with van der Waals surface area (Å²) in [7, 11) is 0. The number of rotatable bonds is 3. The number of carbonyl (C=O) groups is 1. The van der Waals surface area contributed by atoms with Crippen molar-refractivity contribution in [3.8, 4) is 0 Å². The summed E-state index contributed by atoms with van der Waals surface area (Å²) in [6.45, 7) is 3.50. The molecule has 0 unspecified atom stereocenters. The monoisotopic (exact) mass is 350 g/mol. The summed E-state index contributed by atoms with van der Waals surface area (Å²) in [5.41, 5.74) is 3.45. The van der Waals surface area contributed by atoms with Crippen molar-refractivity contribution in [1.82, 2.24) is 19.8 Å². The smallest absolute Gasteiger partial charge is 0.358 e. The maximum absolute atomic E-state index is 11.1. The molecule has 2 heterocycles. The van der Waals surface area contributed by atoms with Crippen LogP contribution in [0.5, 0.6) is 0 Å². The van der Waals surface area contributed by atoms with Crippen LogP contribution in [0.3, 0.4) is 0 Å². The number of aromatic nitrogens is 4. The molecule has 0 aliphatic carbocycles. The first kappa shape index (κ1) is 15.7. The normalized spacial score (nSPS) is 11.1. The minimum atomic E-state index is -1.13. The molecule has 0 aliphatic heterocycles. The van der Waals surface area contributed by atoms with Gasteiger partial charge in [0.15, 0.2) is 11.3 Å². The lowest BCUT2D eigenvalue weighted by Crippen LogP contribution is -2.11. The van der Waals surface area contributed by atoms with Crippen molar-refractivity contribution >= 4 is 34.8 Å². The van der Waals surface area contributed by atoms with E-state index in [0.29, 0.717) is 27.8 Å². The minimum absolute atomic E-state index is 0.110. The second kappa shape index (κ2) is 5.79. The van der Waals surface area contributed by atoms with E-state index in [2.05, 4.69) is 15.3 Å². The zero-order valence-corrected chi connectivity index (χ0v) is 13.9. The van der Waals surface area contributed by atoms with Gasteiger partial charge in [0.2, 0.25) is 0 Å². The van der Waals surface area contributed by atoms with Crippen LogP contribution in [0, 0.1) is 13.8 Å². The van der Waals surface area contributed by atoms with Gasteiger partial charge in [-0.1, -0.05) is 29.3 Å². The lowest BCUT2D eigenvalue weighted by molar-refractivity contribution is 0.0687. The first-order chi connectivity index (χ1) is 10.9. The van der Waals surface area contributed by atoms with E-state index in [9.17, 15) is 4.79 Å². The average Bonchev–Trinajstić information content (AvgIpc) is 2.80. The molecule has 3 rings (SSSR count). The molecule has 118 valence electrons. The Labute approximate surface area is 141 Å². The molecule has 0 radical (unpaired) electrons. The highest BCUT2D eigenvalue weighted by Gasteiger charge is 2.19. The fourth-order valence-electron chi connectivity index (χ4n) is 2.41. The van der Waals surface area contributed by atoms with Crippen LogP contribution in [0.1, 0.15) is 33.0 Å². The number of carboxylic acids is 1. The molecule has 23 heavy (non-hydrogen) atoms. The van der Waals surface area contributed by atoms with Gasteiger partial charge in [-0.3, -0.25) is 0 Å². The molecule has 0 fully saturated rings. The van der Waals surface area contributed by atoms with Gasteiger partial charge >= 0.3 is 5.97 Å². The Kier molecular flexibility index (Phi) is 3.95. The summed E-state index contributed by atoms with van der Waals surface area (Å²) >= 11 is 12.0. The molecule has 0 saturated heterocycles. The minimum Gasteiger partial charge on any atom is -0.476 e. The van der Waals surface area contributed by atoms with Crippen molar-refractivity contribution in [2.24, 2.45) is 0 Å². The third kappa shape index (κ3) is 2.75. The summed E-state index contributed by atoms with van der Waals surface area (Å²) in [6.07, 6.45) is 0.548. The van der Waals surface area contributed by atoms with Crippen LogP contribution in [0.25, 0.3) is 5.65 Å². The number of aryl methyl sites for hydroxylation is 2. The highest BCUT2D eigenvalue weighted by Crippen LogP contribution is 2.25. The molecule has 6 nitrogen and oxygen atoms in total. The molecule has 0 saturated carbocycles. The molecule has 2 aromatic heterocycles. The zero-order chi connectivity index (χ0) is 16.7. The number of hydrogen-bond donors (Lipinski definition) is 1. The Morgan fingerprint density at radius 2 is 1.96 bits per heavy atom. The number of aromatic carboxylic acids is 1. The van der Waals surface area contributed by atoms with E-state index in [1.54, 1.807) is 19.1 Å². The Balaban J connectivity index is 2.11. The van der Waals surface area contributed by atoms with Gasteiger partial charge in [-0.25, -0.2) is 9.31 Å². The summed E-state index contributed by atoms with van der Waals surface area (Å²) in [5, 5.41) is 22.3. The van der Waals surface area contributed by atoms with Crippen molar-refractivity contribution in [3.63, 3.8) is 0 Å². The topological polar surface area (TPSA) is 80.4 Å². The van der Waals surface area contributed by atoms with Crippen LogP contribution in [0.4, 0.5) is 0 Å². The lowest BCUT2D eigenvalue weighted by atomic mass is 10.1. The van der Waals surface area contributed by atoms with Gasteiger partial charge in [-0.2, -0.15) is 5.10 Å². The number of benzene rings is 1. The molecule has 1 aromatic carbocycles. The van der Waals surface area contributed by atoms with Crippen molar-refractivity contribution in [3.05, 3.63) is 56.5 Å². The van der Waals surface area contributed by atoms with Gasteiger partial charge in [-0.05, 0) is 31.5 Å². The van der Waals surface area contributed by atoms with Crippen molar-refractivity contribution in [1.29, 1.82) is 0 Å². The summed E-state index contributed by atoms with van der Waals surface area (Å²) < 4.78 is 1.51. The predicted octanol–water partition coefficient (Wildman–Crippen LogP) is 3.34. The third-order valence-electron chi connectivity index (χ3n) is 3.63. The quantitative estimate of drug-likeness (QED) is 0.783. The van der Waals surface area contributed by atoms with Gasteiger partial charge < -0.3 is 5.11 Å². The zero-order valence-electron chi connectivity index (χ0n) is 12.3. The predicted molar refractivity (Wildman–Crippen MR) is 86.5 cm³/mol. The van der Waals surface area contributed by atoms with E-state index in [0.717, 1.165) is 16.8 Å². The SMILES string of the molecule is Cc1nn2c(C)c(C(=O)O)nnc2c1Cc1ccc(Cl)c(Cl)c1. The fourth-order valence-corrected chi connectivity index (χ4v) is 2.73. The number of halogens is 2. The molecule has 0 amide bonds. The number of carboxylic acid groups (broad SMARTS) is 1. The summed E-state index contributed by atoms with van der Waals surface area (Å²) in [4.78, 5) is 11.1. The molecular weight excluding hydrogens is 339 g/mol. The third-order valence-corrected chi connectivity index (χ3v) is 4.37. The second-order valence-electron chi connectivity index (χ2n) is 5.16. The van der Waals surface area contributed by atoms with Gasteiger partial charge in [0.05, 0.1) is 21.4 Å². The van der Waals surface area contributed by atoms with Crippen LogP contribution in [-0.4, -0.2) is 30.9 Å². The first-order valence-electron chi connectivity index (χ1n) is 6.77. The Morgan fingerprint density at radius 1 is 1.22 bits per heavy atom. The average molecular weight is 351 g/mol. The molecule has 0 bridgehead atoms. The molecule has 0 atom stereocenters. The van der Waals surface area contributed by atoms with Crippen molar-refractivity contribution < 1.29 is 9.90 Å². The lowest BCUT2D eigenvalue weighted by Gasteiger charge is -2.04. The van der Waals surface area contributed by atoms with Crippen LogP contribution in [0.2, 0.25) is 10.0 Å². The Bertz CT molecular complexity index is 937. The summed E-state index contributed by atoms with van der Waals surface area (Å²) in [5.74, 6) is -1.13. The van der Waals surface area contributed by atoms with Crippen LogP contribution >= 0.6 is 23.2 Å². The highest BCUT2D eigenvalue weighted by molar-refractivity contribution is 6.42. The highest BCUT2D eigenvalue weighted by atomic mass is 35.5. The second-order valence-corrected chi connectivity index (χ2v) is 5.98. The van der Waals surface area contributed by atoms with E-state index in [1.807, 2.05) is 13.0 Å². The molecule has 8 heteroatoms. The van der Waals surface area contributed by atoms with Gasteiger partial charge in [-0.15, -0.1) is 10.2 Å². The maximum atomic E-state index is 11.1. The maximum Gasteiger partial charge on any atom is 0.358 e. The Hall–Kier alpha value is -2.18. The van der Waals surface area contributed by atoms with Crippen LogP contribution in [-0.2, 0) is 6.42 Å². The van der Waals surface area contributed by atoms with Gasteiger partial charge in [0, 0.05) is 12.0 Å². The number of fused-ring (bicyclic) bond motifs is 1.